The lowest BCUT2D eigenvalue weighted by molar-refractivity contribution is 0.476. The lowest BCUT2D eigenvalue weighted by Crippen LogP contribution is -1.93. The van der Waals surface area contributed by atoms with Gasteiger partial charge in [0.05, 0.1) is 0 Å². The van der Waals surface area contributed by atoms with E-state index >= 15 is 0 Å². The average Bonchev–Trinajstić information content (AvgIpc) is 1.86. The Morgan fingerprint density at radius 2 is 2.38 bits per heavy atom. The van der Waals surface area contributed by atoms with Gasteiger partial charge in [0.2, 0.25) is 7.37 Å². The topological polar surface area (TPSA) is 37.3 Å². The minimum absolute atomic E-state index is 0.0718. The molecular weight excluding hydrogens is 123 g/mol. The van der Waals surface area contributed by atoms with E-state index in [9.17, 15) is 4.57 Å². The van der Waals surface area contributed by atoms with Gasteiger partial charge in [-0.3, -0.25) is 4.57 Å². The third-order valence-corrected chi connectivity index (χ3v) is 4.38. The van der Waals surface area contributed by atoms with Crippen LogP contribution in [0.1, 0.15) is 19.8 Å². The average molecular weight is 134 g/mol. The zero-order valence-corrected chi connectivity index (χ0v) is 5.90. The van der Waals surface area contributed by atoms with E-state index in [0.29, 0.717) is 6.16 Å². The highest BCUT2D eigenvalue weighted by Crippen LogP contribution is 2.53. The molecular formula is C5H11O2P. The fourth-order valence-electron chi connectivity index (χ4n) is 1.04. The minimum Gasteiger partial charge on any atom is -0.344 e. The van der Waals surface area contributed by atoms with Crippen molar-refractivity contribution >= 4 is 7.37 Å². The summed E-state index contributed by atoms with van der Waals surface area (Å²) in [6.45, 7) is 1.85. The molecule has 0 aromatic rings. The monoisotopic (exact) mass is 134 g/mol. The Bertz CT molecular complexity index is 132. The third kappa shape index (κ3) is 0.958. The number of rotatable bonds is 0. The molecule has 1 aliphatic heterocycles. The molecule has 48 valence electrons. The molecule has 1 rings (SSSR count). The van der Waals surface area contributed by atoms with Crippen LogP contribution in [-0.4, -0.2) is 16.7 Å². The highest BCUT2D eigenvalue weighted by Gasteiger charge is 2.31. The summed E-state index contributed by atoms with van der Waals surface area (Å²) in [7, 11) is -2.63. The lowest BCUT2D eigenvalue weighted by Gasteiger charge is -2.06. The van der Waals surface area contributed by atoms with Crippen LogP contribution in [0, 0.1) is 0 Å². The van der Waals surface area contributed by atoms with Crippen LogP contribution < -0.4 is 0 Å². The van der Waals surface area contributed by atoms with Gasteiger partial charge in [0.15, 0.2) is 0 Å². The molecule has 3 heteroatoms. The van der Waals surface area contributed by atoms with Crippen molar-refractivity contribution in [2.75, 3.05) is 6.16 Å². The van der Waals surface area contributed by atoms with Gasteiger partial charge in [-0.2, -0.15) is 0 Å². The second-order valence-corrected chi connectivity index (χ2v) is 5.31. The zero-order valence-electron chi connectivity index (χ0n) is 5.00. The van der Waals surface area contributed by atoms with Crippen LogP contribution >= 0.6 is 7.37 Å². The Kier molecular flexibility index (Phi) is 1.46. The van der Waals surface area contributed by atoms with Gasteiger partial charge in [-0.15, -0.1) is 0 Å². The Morgan fingerprint density at radius 1 is 1.75 bits per heavy atom. The van der Waals surface area contributed by atoms with Crippen molar-refractivity contribution < 1.29 is 9.46 Å². The molecule has 0 aliphatic carbocycles. The van der Waals surface area contributed by atoms with E-state index in [1.165, 1.54) is 0 Å². The van der Waals surface area contributed by atoms with Gasteiger partial charge in [-0.1, -0.05) is 6.92 Å². The van der Waals surface area contributed by atoms with Crippen molar-refractivity contribution in [3.8, 4) is 0 Å². The van der Waals surface area contributed by atoms with Crippen LogP contribution in [0.25, 0.3) is 0 Å². The van der Waals surface area contributed by atoms with E-state index in [1.807, 2.05) is 6.92 Å². The van der Waals surface area contributed by atoms with Gasteiger partial charge in [0, 0.05) is 11.8 Å². The highest BCUT2D eigenvalue weighted by atomic mass is 31.2. The number of hydrogen-bond donors (Lipinski definition) is 1. The van der Waals surface area contributed by atoms with Crippen LogP contribution in [-0.2, 0) is 4.57 Å². The van der Waals surface area contributed by atoms with Crippen LogP contribution in [0.5, 0.6) is 0 Å². The molecule has 0 saturated carbocycles. The molecule has 0 spiro atoms. The van der Waals surface area contributed by atoms with Crippen LogP contribution in [0.3, 0.4) is 0 Å². The van der Waals surface area contributed by atoms with E-state index in [0.717, 1.165) is 12.8 Å². The summed E-state index contributed by atoms with van der Waals surface area (Å²) in [5.74, 6) is 0. The maximum Gasteiger partial charge on any atom is 0.203 e. The van der Waals surface area contributed by atoms with Crippen molar-refractivity contribution in [3.63, 3.8) is 0 Å². The Labute approximate surface area is 49.4 Å². The Hall–Kier alpha value is 0.190. The zero-order chi connectivity index (χ0) is 6.20. The molecule has 1 aliphatic rings. The molecule has 8 heavy (non-hydrogen) atoms. The summed E-state index contributed by atoms with van der Waals surface area (Å²) in [6, 6.07) is 0. The number of hydrogen-bond acceptors (Lipinski definition) is 1. The second kappa shape index (κ2) is 1.85. The molecule has 2 nitrogen and oxygen atoms in total. The Morgan fingerprint density at radius 3 is 2.50 bits per heavy atom. The Balaban J connectivity index is 2.69. The standard InChI is InChI=1S/C5H11O2P/c1-5-3-2-4-8(5,6)7/h5H,2-4H2,1H3,(H,6,7). The molecule has 2 atom stereocenters. The molecule has 1 fully saturated rings. The lowest BCUT2D eigenvalue weighted by atomic mass is 10.3. The minimum atomic E-state index is -2.63. The maximum atomic E-state index is 10.9. The van der Waals surface area contributed by atoms with E-state index in [1.54, 1.807) is 0 Å². The molecule has 0 aromatic heterocycles. The summed E-state index contributed by atoms with van der Waals surface area (Å²) < 4.78 is 10.9. The summed E-state index contributed by atoms with van der Waals surface area (Å²) in [5.41, 5.74) is 0.0718. The summed E-state index contributed by atoms with van der Waals surface area (Å²) in [6.07, 6.45) is 2.43. The normalized spacial score (nSPS) is 47.5. The molecule has 0 radical (unpaired) electrons. The SMILES string of the molecule is CC1CCCP1(=O)O. The van der Waals surface area contributed by atoms with Crippen molar-refractivity contribution in [3.05, 3.63) is 0 Å². The van der Waals surface area contributed by atoms with E-state index in [2.05, 4.69) is 0 Å². The predicted molar refractivity (Wildman–Crippen MR) is 33.4 cm³/mol. The smallest absolute Gasteiger partial charge is 0.203 e. The van der Waals surface area contributed by atoms with Gasteiger partial charge in [0.1, 0.15) is 0 Å². The maximum absolute atomic E-state index is 10.9. The summed E-state index contributed by atoms with van der Waals surface area (Å²) >= 11 is 0. The molecule has 1 N–H and O–H groups in total. The van der Waals surface area contributed by atoms with Gasteiger partial charge in [-0.05, 0) is 12.8 Å². The molecule has 0 bridgehead atoms. The van der Waals surface area contributed by atoms with Crippen molar-refractivity contribution in [1.29, 1.82) is 0 Å². The van der Waals surface area contributed by atoms with Gasteiger partial charge in [0.25, 0.3) is 0 Å². The first kappa shape index (κ1) is 6.31. The highest BCUT2D eigenvalue weighted by molar-refractivity contribution is 7.59. The van der Waals surface area contributed by atoms with Gasteiger partial charge in [-0.25, -0.2) is 0 Å². The van der Waals surface area contributed by atoms with Crippen LogP contribution in [0.2, 0.25) is 0 Å². The van der Waals surface area contributed by atoms with E-state index in [4.69, 9.17) is 4.89 Å². The predicted octanol–water partition coefficient (Wildman–Crippen LogP) is 1.44. The van der Waals surface area contributed by atoms with Crippen LogP contribution in [0.15, 0.2) is 0 Å². The fraction of sp³-hybridized carbons (Fsp3) is 1.00. The summed E-state index contributed by atoms with van der Waals surface area (Å²) in [4.78, 5) is 9.02. The van der Waals surface area contributed by atoms with E-state index in [-0.39, 0.29) is 5.66 Å². The van der Waals surface area contributed by atoms with Gasteiger partial charge < -0.3 is 4.89 Å². The third-order valence-electron chi connectivity index (χ3n) is 1.79. The molecule has 0 aromatic carbocycles. The molecule has 1 heterocycles. The summed E-state index contributed by atoms with van der Waals surface area (Å²) in [5, 5.41) is 0. The van der Waals surface area contributed by atoms with Gasteiger partial charge >= 0.3 is 0 Å². The van der Waals surface area contributed by atoms with E-state index < -0.39 is 7.37 Å². The quantitative estimate of drug-likeness (QED) is 0.509. The van der Waals surface area contributed by atoms with Crippen LogP contribution in [0.4, 0.5) is 0 Å². The molecule has 1 saturated heterocycles. The second-order valence-electron chi connectivity index (χ2n) is 2.47. The van der Waals surface area contributed by atoms with Crippen molar-refractivity contribution in [2.24, 2.45) is 0 Å². The molecule has 2 unspecified atom stereocenters. The molecule has 0 amide bonds. The first-order valence-electron chi connectivity index (χ1n) is 2.94. The first-order chi connectivity index (χ1) is 3.63. The fourth-order valence-corrected chi connectivity index (χ4v) is 2.70. The largest absolute Gasteiger partial charge is 0.344 e. The van der Waals surface area contributed by atoms with Crippen molar-refractivity contribution in [2.45, 2.75) is 25.4 Å². The first-order valence-corrected chi connectivity index (χ1v) is 4.86. The van der Waals surface area contributed by atoms with Crippen molar-refractivity contribution in [1.82, 2.24) is 0 Å².